The van der Waals surface area contributed by atoms with Gasteiger partial charge in [0.15, 0.2) is 0 Å². The first-order chi connectivity index (χ1) is 9.41. The zero-order valence-electron chi connectivity index (χ0n) is 10.3. The second-order valence-corrected chi connectivity index (χ2v) is 5.34. The molecule has 0 radical (unpaired) electrons. The molecule has 20 heavy (non-hydrogen) atoms. The number of hydrogen-bond acceptors (Lipinski definition) is 3. The van der Waals surface area contributed by atoms with Crippen LogP contribution in [0.4, 0.5) is 16.2 Å². The molecule has 0 bridgehead atoms. The Balaban J connectivity index is 2.67. The Hall–Kier alpha value is -2.38. The second kappa shape index (κ2) is 5.32. The molecule has 0 saturated heterocycles. The van der Waals surface area contributed by atoms with E-state index in [0.29, 0.717) is 5.69 Å². The van der Waals surface area contributed by atoms with Gasteiger partial charge in [0.2, 0.25) is 0 Å². The van der Waals surface area contributed by atoms with E-state index < -0.39 is 16.1 Å². The van der Waals surface area contributed by atoms with Gasteiger partial charge in [0, 0.05) is 0 Å². The number of amides is 2. The van der Waals surface area contributed by atoms with Gasteiger partial charge in [0.05, 0.1) is 11.4 Å². The summed E-state index contributed by atoms with van der Waals surface area (Å²) < 4.78 is 32.0. The molecule has 104 valence electrons. The van der Waals surface area contributed by atoms with Crippen molar-refractivity contribution in [3.8, 4) is 0 Å². The molecule has 0 heterocycles. The van der Waals surface area contributed by atoms with Gasteiger partial charge in [-0.2, -0.15) is 8.42 Å². The molecule has 7 heteroatoms. The van der Waals surface area contributed by atoms with Crippen molar-refractivity contribution in [1.29, 1.82) is 0 Å². The van der Waals surface area contributed by atoms with Gasteiger partial charge < -0.3 is 5.73 Å². The maximum Gasteiger partial charge on any atom is 0.323 e. The monoisotopic (exact) mass is 292 g/mol. The third-order valence-corrected chi connectivity index (χ3v) is 3.52. The van der Waals surface area contributed by atoms with Crippen molar-refractivity contribution >= 4 is 27.5 Å². The molecule has 6 nitrogen and oxygen atoms in total. The van der Waals surface area contributed by atoms with E-state index in [1.165, 1.54) is 18.2 Å². The summed E-state index contributed by atoms with van der Waals surface area (Å²) in [4.78, 5) is 12.3. The van der Waals surface area contributed by atoms with E-state index in [-0.39, 0.29) is 10.6 Å². The van der Waals surface area contributed by atoms with E-state index in [2.05, 4.69) is 0 Å². The fourth-order valence-corrected chi connectivity index (χ4v) is 2.50. The Morgan fingerprint density at radius 3 is 2.10 bits per heavy atom. The lowest BCUT2D eigenvalue weighted by molar-refractivity contribution is 0.256. The zero-order chi connectivity index (χ0) is 14.8. The summed E-state index contributed by atoms with van der Waals surface area (Å²) in [7, 11) is -4.47. The van der Waals surface area contributed by atoms with E-state index in [1.807, 2.05) is 0 Å². The third-order valence-electron chi connectivity index (χ3n) is 2.62. The van der Waals surface area contributed by atoms with Crippen molar-refractivity contribution in [3.05, 3.63) is 54.6 Å². The van der Waals surface area contributed by atoms with E-state index >= 15 is 0 Å². The second-order valence-electron chi connectivity index (χ2n) is 3.95. The Morgan fingerprint density at radius 1 is 1.00 bits per heavy atom. The lowest BCUT2D eigenvalue weighted by Crippen LogP contribution is -2.32. The van der Waals surface area contributed by atoms with Crippen molar-refractivity contribution in [2.24, 2.45) is 5.73 Å². The van der Waals surface area contributed by atoms with Gasteiger partial charge in [-0.05, 0) is 24.3 Å². The topological polar surface area (TPSA) is 101 Å². The van der Waals surface area contributed by atoms with E-state index in [1.54, 1.807) is 36.4 Å². The third kappa shape index (κ3) is 2.79. The van der Waals surface area contributed by atoms with Crippen LogP contribution in [0.1, 0.15) is 0 Å². The van der Waals surface area contributed by atoms with Crippen LogP contribution in [0.2, 0.25) is 0 Å². The number of carbonyl (C=O) groups is 1. The molecule has 0 aliphatic rings. The molecule has 2 aromatic carbocycles. The standard InChI is InChI=1S/C13H12N2O4S/c14-13(16)15(10-6-2-1-3-7-10)11-8-4-5-9-12(11)20(17,18)19/h1-9H,(H2,14,16)(H,17,18,19). The number of urea groups is 1. The zero-order valence-corrected chi connectivity index (χ0v) is 11.1. The molecular formula is C13H12N2O4S. The minimum Gasteiger partial charge on any atom is -0.351 e. The summed E-state index contributed by atoms with van der Waals surface area (Å²) in [6.07, 6.45) is 0. The molecular weight excluding hydrogens is 280 g/mol. The highest BCUT2D eigenvalue weighted by Crippen LogP contribution is 2.30. The fourth-order valence-electron chi connectivity index (χ4n) is 1.82. The van der Waals surface area contributed by atoms with Crippen LogP contribution in [0.3, 0.4) is 0 Å². The molecule has 0 aliphatic heterocycles. The number of nitrogens with two attached hydrogens (primary N) is 1. The number of nitrogens with zero attached hydrogens (tertiary/aromatic N) is 1. The molecule has 0 fully saturated rings. The molecule has 2 aromatic rings. The lowest BCUT2D eigenvalue weighted by atomic mass is 10.2. The first kappa shape index (κ1) is 14.0. The number of primary amides is 1. The Morgan fingerprint density at radius 2 is 1.55 bits per heavy atom. The molecule has 3 N–H and O–H groups in total. The maximum absolute atomic E-state index is 11.7. The summed E-state index contributed by atoms with van der Waals surface area (Å²) in [5.74, 6) is 0. The van der Waals surface area contributed by atoms with Crippen LogP contribution in [0.5, 0.6) is 0 Å². The SMILES string of the molecule is NC(=O)N(c1ccccc1)c1ccccc1S(=O)(=O)O. The summed E-state index contributed by atoms with van der Waals surface area (Å²) >= 11 is 0. The van der Waals surface area contributed by atoms with Crippen LogP contribution in [0.15, 0.2) is 59.5 Å². The average Bonchev–Trinajstić information content (AvgIpc) is 2.39. The number of benzene rings is 2. The largest absolute Gasteiger partial charge is 0.351 e. The molecule has 2 amide bonds. The van der Waals surface area contributed by atoms with Crippen LogP contribution < -0.4 is 10.6 Å². The van der Waals surface area contributed by atoms with Gasteiger partial charge in [-0.25, -0.2) is 4.79 Å². The van der Waals surface area contributed by atoms with Gasteiger partial charge in [-0.15, -0.1) is 0 Å². The van der Waals surface area contributed by atoms with Gasteiger partial charge in [-0.3, -0.25) is 9.45 Å². The molecule has 0 atom stereocenters. The molecule has 0 aliphatic carbocycles. The van der Waals surface area contributed by atoms with Gasteiger partial charge in [0.25, 0.3) is 10.1 Å². The minimum absolute atomic E-state index is 0.00583. The van der Waals surface area contributed by atoms with Gasteiger partial charge >= 0.3 is 6.03 Å². The van der Waals surface area contributed by atoms with E-state index in [0.717, 1.165) is 4.90 Å². The normalized spacial score (nSPS) is 11.1. The van der Waals surface area contributed by atoms with Crippen molar-refractivity contribution in [3.63, 3.8) is 0 Å². The summed E-state index contributed by atoms with van der Waals surface area (Å²) in [6.45, 7) is 0. The highest BCUT2D eigenvalue weighted by atomic mass is 32.2. The maximum atomic E-state index is 11.7. The number of carbonyl (C=O) groups excluding carboxylic acids is 1. The lowest BCUT2D eigenvalue weighted by Gasteiger charge is -2.22. The molecule has 0 spiro atoms. The van der Waals surface area contributed by atoms with E-state index in [9.17, 15) is 17.8 Å². The molecule has 0 aromatic heterocycles. The molecule has 0 unspecified atom stereocenters. The smallest absolute Gasteiger partial charge is 0.323 e. The first-order valence-electron chi connectivity index (χ1n) is 5.62. The van der Waals surface area contributed by atoms with Crippen LogP contribution in [-0.4, -0.2) is 19.0 Å². The van der Waals surface area contributed by atoms with Crippen LogP contribution in [0, 0.1) is 0 Å². The Kier molecular flexibility index (Phi) is 3.73. The van der Waals surface area contributed by atoms with Crippen molar-refractivity contribution in [1.82, 2.24) is 0 Å². The van der Waals surface area contributed by atoms with Crippen molar-refractivity contribution < 1.29 is 17.8 Å². The molecule has 0 saturated carbocycles. The van der Waals surface area contributed by atoms with Crippen LogP contribution in [-0.2, 0) is 10.1 Å². The Labute approximate surface area is 116 Å². The highest BCUT2D eigenvalue weighted by molar-refractivity contribution is 7.86. The summed E-state index contributed by atoms with van der Waals surface area (Å²) in [6, 6.07) is 13.0. The average molecular weight is 292 g/mol. The summed E-state index contributed by atoms with van der Waals surface area (Å²) in [5.41, 5.74) is 5.72. The highest BCUT2D eigenvalue weighted by Gasteiger charge is 2.23. The predicted octanol–water partition coefficient (Wildman–Crippen LogP) is 2.15. The van der Waals surface area contributed by atoms with Gasteiger partial charge in [0.1, 0.15) is 4.90 Å². The quantitative estimate of drug-likeness (QED) is 0.846. The Bertz CT molecular complexity index is 729. The van der Waals surface area contributed by atoms with Crippen LogP contribution >= 0.6 is 0 Å². The predicted molar refractivity (Wildman–Crippen MR) is 74.4 cm³/mol. The fraction of sp³-hybridized carbons (Fsp3) is 0. The summed E-state index contributed by atoms with van der Waals surface area (Å²) in [5, 5.41) is 0. The number of para-hydroxylation sites is 2. The number of anilines is 2. The minimum atomic E-state index is -4.47. The van der Waals surface area contributed by atoms with Crippen molar-refractivity contribution in [2.75, 3.05) is 4.90 Å². The number of rotatable bonds is 3. The molecule has 2 rings (SSSR count). The number of hydrogen-bond donors (Lipinski definition) is 2. The van der Waals surface area contributed by atoms with Crippen LogP contribution in [0.25, 0.3) is 0 Å². The first-order valence-corrected chi connectivity index (χ1v) is 7.06. The van der Waals surface area contributed by atoms with Gasteiger partial charge in [-0.1, -0.05) is 30.3 Å². The van der Waals surface area contributed by atoms with Crippen molar-refractivity contribution in [2.45, 2.75) is 4.90 Å². The van der Waals surface area contributed by atoms with E-state index in [4.69, 9.17) is 5.73 Å².